The zero-order valence-electron chi connectivity index (χ0n) is 5.77. The summed E-state index contributed by atoms with van der Waals surface area (Å²) >= 11 is 9.76. The summed E-state index contributed by atoms with van der Waals surface area (Å²) in [6.45, 7) is 1.56. The van der Waals surface area contributed by atoms with E-state index in [0.717, 1.165) is 0 Å². The molecule has 5 heteroatoms. The van der Waals surface area contributed by atoms with E-state index in [1.165, 1.54) is 0 Å². The largest absolute Gasteiger partial charge is 0.478 e. The van der Waals surface area contributed by atoms with Gasteiger partial charge >= 0.3 is 5.97 Å². The van der Waals surface area contributed by atoms with E-state index in [9.17, 15) is 4.79 Å². The zero-order chi connectivity index (χ0) is 9.07. The Morgan fingerprint density at radius 3 is 2.27 bits per heavy atom. The highest BCUT2D eigenvalue weighted by Gasteiger charge is 2.15. The second-order valence-corrected chi connectivity index (χ2v) is 9.27. The molecule has 0 amide bonds. The standard InChI is InChI=1S/C6H7Br3O2/c1-4(5(10)11)2-3-6(7,8)9/h2H,3H2,1H3,(H,10,11). The van der Waals surface area contributed by atoms with Gasteiger partial charge in [0.2, 0.25) is 0 Å². The minimum Gasteiger partial charge on any atom is -0.478 e. The Bertz CT molecular complexity index is 181. The van der Waals surface area contributed by atoms with E-state index in [1.807, 2.05) is 0 Å². The predicted molar refractivity (Wildman–Crippen MR) is 55.5 cm³/mol. The molecule has 0 atom stereocenters. The van der Waals surface area contributed by atoms with E-state index >= 15 is 0 Å². The van der Waals surface area contributed by atoms with E-state index in [1.54, 1.807) is 13.0 Å². The van der Waals surface area contributed by atoms with Gasteiger partial charge < -0.3 is 5.11 Å². The van der Waals surface area contributed by atoms with Crippen molar-refractivity contribution in [1.82, 2.24) is 0 Å². The molecule has 2 nitrogen and oxygen atoms in total. The van der Waals surface area contributed by atoms with Crippen molar-refractivity contribution < 1.29 is 9.90 Å². The maximum atomic E-state index is 10.3. The first kappa shape index (κ1) is 11.6. The van der Waals surface area contributed by atoms with Gasteiger partial charge in [-0.3, -0.25) is 0 Å². The molecule has 0 heterocycles. The number of carboxylic acids is 1. The number of rotatable bonds is 2. The number of halogens is 3. The van der Waals surface area contributed by atoms with Crippen LogP contribution in [-0.2, 0) is 4.79 Å². The van der Waals surface area contributed by atoms with Crippen LogP contribution in [0.5, 0.6) is 0 Å². The fourth-order valence-electron chi connectivity index (χ4n) is 0.356. The van der Waals surface area contributed by atoms with Crippen molar-refractivity contribution in [2.75, 3.05) is 0 Å². The highest BCUT2D eigenvalue weighted by molar-refractivity contribution is 9.39. The SMILES string of the molecule is CC(=CCC(Br)(Br)Br)C(=O)O. The van der Waals surface area contributed by atoms with Gasteiger partial charge in [-0.2, -0.15) is 0 Å². The molecule has 0 aromatic heterocycles. The minimum absolute atomic E-state index is 0.340. The first-order valence-corrected chi connectivity index (χ1v) is 5.17. The zero-order valence-corrected chi connectivity index (χ0v) is 10.5. The average Bonchev–Trinajstić information content (AvgIpc) is 1.80. The molecular formula is C6H7Br3O2. The summed E-state index contributed by atoms with van der Waals surface area (Å²) in [6, 6.07) is 0. The predicted octanol–water partition coefficient (Wildman–Crippen LogP) is 3.25. The van der Waals surface area contributed by atoms with Gasteiger partial charge in [-0.05, 0) is 6.92 Å². The van der Waals surface area contributed by atoms with Crippen LogP contribution >= 0.6 is 47.8 Å². The van der Waals surface area contributed by atoms with E-state index in [0.29, 0.717) is 12.0 Å². The topological polar surface area (TPSA) is 37.3 Å². The number of carboxylic acid groups (broad SMARTS) is 1. The van der Waals surface area contributed by atoms with Gasteiger partial charge in [0.25, 0.3) is 0 Å². The number of alkyl halides is 3. The van der Waals surface area contributed by atoms with Gasteiger partial charge in [-0.1, -0.05) is 53.9 Å². The Balaban J connectivity index is 4.04. The smallest absolute Gasteiger partial charge is 0.330 e. The molecule has 0 rings (SSSR count). The molecule has 0 aliphatic carbocycles. The van der Waals surface area contributed by atoms with Crippen molar-refractivity contribution >= 4 is 53.8 Å². The fraction of sp³-hybridized carbons (Fsp3) is 0.500. The van der Waals surface area contributed by atoms with Crippen LogP contribution in [0.2, 0.25) is 0 Å². The highest BCUT2D eigenvalue weighted by atomic mass is 80.0. The summed E-state index contributed by atoms with van der Waals surface area (Å²) in [5.41, 5.74) is 0.340. The van der Waals surface area contributed by atoms with Crippen molar-refractivity contribution in [2.24, 2.45) is 0 Å². The van der Waals surface area contributed by atoms with E-state index < -0.39 is 5.97 Å². The van der Waals surface area contributed by atoms with E-state index in [-0.39, 0.29) is 2.14 Å². The van der Waals surface area contributed by atoms with Gasteiger partial charge in [0.1, 0.15) is 2.14 Å². The maximum absolute atomic E-state index is 10.3. The number of aliphatic carboxylic acids is 1. The van der Waals surface area contributed by atoms with Crippen molar-refractivity contribution in [3.8, 4) is 0 Å². The monoisotopic (exact) mass is 348 g/mol. The molecule has 0 aromatic rings. The van der Waals surface area contributed by atoms with Crippen molar-refractivity contribution in [2.45, 2.75) is 15.5 Å². The maximum Gasteiger partial charge on any atom is 0.330 e. The van der Waals surface area contributed by atoms with Crippen LogP contribution in [0.25, 0.3) is 0 Å². The summed E-state index contributed by atoms with van der Waals surface area (Å²) < 4.78 is -0.385. The minimum atomic E-state index is -0.887. The third-order valence-electron chi connectivity index (χ3n) is 0.977. The van der Waals surface area contributed by atoms with Crippen LogP contribution in [-0.4, -0.2) is 13.2 Å². The lowest BCUT2D eigenvalue weighted by Gasteiger charge is -2.07. The number of hydrogen-bond donors (Lipinski definition) is 1. The van der Waals surface area contributed by atoms with Crippen molar-refractivity contribution in [3.63, 3.8) is 0 Å². The first-order valence-electron chi connectivity index (χ1n) is 2.80. The first-order chi connectivity index (χ1) is 4.83. The molecule has 0 radical (unpaired) electrons. The Morgan fingerprint density at radius 2 is 2.00 bits per heavy atom. The molecule has 11 heavy (non-hydrogen) atoms. The molecule has 0 aromatic carbocycles. The molecule has 0 aliphatic heterocycles. The lowest BCUT2D eigenvalue weighted by Crippen LogP contribution is -2.00. The van der Waals surface area contributed by atoms with Crippen LogP contribution in [0.1, 0.15) is 13.3 Å². The number of carbonyl (C=O) groups is 1. The van der Waals surface area contributed by atoms with Crippen LogP contribution < -0.4 is 0 Å². The average molecular weight is 351 g/mol. The van der Waals surface area contributed by atoms with Crippen LogP contribution in [0, 0.1) is 0 Å². The van der Waals surface area contributed by atoms with Crippen molar-refractivity contribution in [3.05, 3.63) is 11.6 Å². The number of allylic oxidation sites excluding steroid dienone is 1. The summed E-state index contributed by atoms with van der Waals surface area (Å²) in [5, 5.41) is 8.46. The molecular weight excluding hydrogens is 344 g/mol. The Hall–Kier alpha value is 0.650. The molecule has 1 N–H and O–H groups in total. The van der Waals surface area contributed by atoms with E-state index in [4.69, 9.17) is 5.11 Å². The fourth-order valence-corrected chi connectivity index (χ4v) is 0.842. The van der Waals surface area contributed by atoms with Gasteiger partial charge in [0, 0.05) is 12.0 Å². The summed E-state index contributed by atoms with van der Waals surface area (Å²) in [5.74, 6) is -0.887. The summed E-state index contributed by atoms with van der Waals surface area (Å²) in [7, 11) is 0. The van der Waals surface area contributed by atoms with Crippen LogP contribution in [0.15, 0.2) is 11.6 Å². The molecule has 0 bridgehead atoms. The van der Waals surface area contributed by atoms with Crippen LogP contribution in [0.4, 0.5) is 0 Å². The third-order valence-corrected chi connectivity index (χ3v) is 1.95. The lowest BCUT2D eigenvalue weighted by atomic mass is 10.2. The Kier molecular flexibility index (Phi) is 4.89. The van der Waals surface area contributed by atoms with Gasteiger partial charge in [-0.15, -0.1) is 0 Å². The Labute approximate surface area is 90.4 Å². The van der Waals surface area contributed by atoms with Crippen LogP contribution in [0.3, 0.4) is 0 Å². The van der Waals surface area contributed by atoms with Gasteiger partial charge in [0.15, 0.2) is 0 Å². The van der Waals surface area contributed by atoms with E-state index in [2.05, 4.69) is 47.8 Å². The summed E-state index contributed by atoms with van der Waals surface area (Å²) in [4.78, 5) is 10.3. The molecule has 0 unspecified atom stereocenters. The van der Waals surface area contributed by atoms with Crippen molar-refractivity contribution in [1.29, 1.82) is 0 Å². The quantitative estimate of drug-likeness (QED) is 0.613. The highest BCUT2D eigenvalue weighted by Crippen LogP contribution is 2.37. The van der Waals surface area contributed by atoms with Gasteiger partial charge in [-0.25, -0.2) is 4.79 Å². The molecule has 0 fully saturated rings. The second-order valence-electron chi connectivity index (χ2n) is 2.01. The number of hydrogen-bond acceptors (Lipinski definition) is 1. The molecule has 0 saturated carbocycles. The normalized spacial score (nSPS) is 13.3. The lowest BCUT2D eigenvalue weighted by molar-refractivity contribution is -0.132. The molecule has 0 saturated heterocycles. The third kappa shape index (κ3) is 7.03. The molecule has 64 valence electrons. The second kappa shape index (κ2) is 4.62. The Morgan fingerprint density at radius 1 is 1.55 bits per heavy atom. The molecule has 0 aliphatic rings. The summed E-state index contributed by atoms with van der Waals surface area (Å²) in [6.07, 6.45) is 2.19. The molecule has 0 spiro atoms. The van der Waals surface area contributed by atoms with Gasteiger partial charge in [0.05, 0.1) is 0 Å².